The van der Waals surface area contributed by atoms with Crippen LogP contribution < -0.4 is 5.73 Å². The summed E-state index contributed by atoms with van der Waals surface area (Å²) in [5.74, 6) is -0.567. The monoisotopic (exact) mass is 295 g/mol. The quantitative estimate of drug-likeness (QED) is 0.748. The minimum absolute atomic E-state index is 0.0425. The molecule has 118 valence electrons. The molecule has 1 rings (SSSR count). The van der Waals surface area contributed by atoms with Crippen LogP contribution in [0.2, 0.25) is 0 Å². The number of nitrogens with two attached hydrogens (primary N) is 1. The minimum Gasteiger partial charge on any atom is -0.465 e. The zero-order valence-electron chi connectivity index (χ0n) is 13.2. The van der Waals surface area contributed by atoms with Crippen LogP contribution in [0.25, 0.3) is 0 Å². The van der Waals surface area contributed by atoms with Crippen LogP contribution in [0.1, 0.15) is 45.6 Å². The van der Waals surface area contributed by atoms with Crippen molar-refractivity contribution in [3.8, 4) is 0 Å². The first-order valence-corrected chi connectivity index (χ1v) is 7.64. The standard InChI is InChI=1S/C17H26FNO2/c1-4-8-13(3)11-17(12-19,16(20)21-5-2)14-9-6-7-10-15(14)18/h6-7,9-10,13H,4-5,8,11-12,19H2,1-3H3. The molecule has 21 heavy (non-hydrogen) atoms. The molecule has 2 unspecified atom stereocenters. The summed E-state index contributed by atoms with van der Waals surface area (Å²) in [5.41, 5.74) is 5.16. The first-order valence-electron chi connectivity index (χ1n) is 7.64. The summed E-state index contributed by atoms with van der Waals surface area (Å²) >= 11 is 0. The molecule has 0 aliphatic rings. The molecule has 2 atom stereocenters. The summed E-state index contributed by atoms with van der Waals surface area (Å²) in [6, 6.07) is 6.34. The van der Waals surface area contributed by atoms with Gasteiger partial charge in [-0.2, -0.15) is 0 Å². The Balaban J connectivity index is 3.25. The Bertz CT molecular complexity index is 464. The van der Waals surface area contributed by atoms with E-state index in [0.29, 0.717) is 12.0 Å². The highest BCUT2D eigenvalue weighted by atomic mass is 19.1. The summed E-state index contributed by atoms with van der Waals surface area (Å²) in [6.45, 7) is 6.20. The number of hydrogen-bond donors (Lipinski definition) is 1. The molecule has 2 N–H and O–H groups in total. The largest absolute Gasteiger partial charge is 0.465 e. The van der Waals surface area contributed by atoms with Crippen LogP contribution in [0, 0.1) is 11.7 Å². The molecule has 0 fully saturated rings. The number of ether oxygens (including phenoxy) is 1. The molecule has 0 amide bonds. The molecule has 0 radical (unpaired) electrons. The molecule has 0 heterocycles. The summed E-state index contributed by atoms with van der Waals surface area (Å²) in [6.07, 6.45) is 2.48. The van der Waals surface area contributed by atoms with E-state index in [1.54, 1.807) is 25.1 Å². The van der Waals surface area contributed by atoms with Gasteiger partial charge in [0.25, 0.3) is 0 Å². The van der Waals surface area contributed by atoms with Crippen molar-refractivity contribution in [3.63, 3.8) is 0 Å². The number of hydrogen-bond acceptors (Lipinski definition) is 3. The van der Waals surface area contributed by atoms with Gasteiger partial charge < -0.3 is 10.5 Å². The SMILES string of the molecule is CCCC(C)CC(CN)(C(=O)OCC)c1ccccc1F. The van der Waals surface area contributed by atoms with Gasteiger partial charge in [0.2, 0.25) is 0 Å². The third-order valence-corrected chi connectivity index (χ3v) is 3.88. The van der Waals surface area contributed by atoms with E-state index in [4.69, 9.17) is 10.5 Å². The highest BCUT2D eigenvalue weighted by Crippen LogP contribution is 2.35. The van der Waals surface area contributed by atoms with Gasteiger partial charge in [-0.05, 0) is 25.3 Å². The Morgan fingerprint density at radius 1 is 1.38 bits per heavy atom. The lowest BCUT2D eigenvalue weighted by Gasteiger charge is -2.33. The Labute approximate surface area is 126 Å². The minimum atomic E-state index is -1.10. The molecule has 0 saturated carbocycles. The first kappa shape index (κ1) is 17.6. The molecule has 0 aromatic heterocycles. The molecule has 0 aliphatic heterocycles. The van der Waals surface area contributed by atoms with Crippen molar-refractivity contribution < 1.29 is 13.9 Å². The zero-order valence-corrected chi connectivity index (χ0v) is 13.2. The molecule has 0 bridgehead atoms. The van der Waals surface area contributed by atoms with E-state index in [1.807, 2.05) is 0 Å². The van der Waals surface area contributed by atoms with Crippen molar-refractivity contribution in [1.82, 2.24) is 0 Å². The Kier molecular flexibility index (Phi) is 6.82. The molecule has 0 aliphatic carbocycles. The lowest BCUT2D eigenvalue weighted by atomic mass is 9.73. The van der Waals surface area contributed by atoms with Gasteiger partial charge in [-0.25, -0.2) is 4.39 Å². The summed E-state index contributed by atoms with van der Waals surface area (Å²) < 4.78 is 19.4. The normalized spacial score (nSPS) is 15.3. The van der Waals surface area contributed by atoms with Gasteiger partial charge in [0, 0.05) is 12.1 Å². The Hall–Kier alpha value is -1.42. The lowest BCUT2D eigenvalue weighted by Crippen LogP contribution is -2.46. The van der Waals surface area contributed by atoms with Gasteiger partial charge in [-0.1, -0.05) is 44.9 Å². The van der Waals surface area contributed by atoms with E-state index in [1.165, 1.54) is 6.07 Å². The second-order valence-corrected chi connectivity index (χ2v) is 5.58. The lowest BCUT2D eigenvalue weighted by molar-refractivity contribution is -0.150. The number of rotatable bonds is 8. The smallest absolute Gasteiger partial charge is 0.317 e. The van der Waals surface area contributed by atoms with Gasteiger partial charge in [-0.3, -0.25) is 4.79 Å². The molecular weight excluding hydrogens is 269 g/mol. The molecule has 4 heteroatoms. The van der Waals surface area contributed by atoms with Crippen LogP contribution in [0.15, 0.2) is 24.3 Å². The average Bonchev–Trinajstić information content (AvgIpc) is 2.46. The van der Waals surface area contributed by atoms with E-state index in [0.717, 1.165) is 12.8 Å². The van der Waals surface area contributed by atoms with Gasteiger partial charge in [0.05, 0.1) is 6.61 Å². The highest BCUT2D eigenvalue weighted by Gasteiger charge is 2.43. The van der Waals surface area contributed by atoms with E-state index in [-0.39, 0.29) is 19.1 Å². The number of carbonyl (C=O) groups excluding carboxylic acids is 1. The summed E-state index contributed by atoms with van der Waals surface area (Å²) in [4.78, 5) is 12.5. The second-order valence-electron chi connectivity index (χ2n) is 5.58. The maximum Gasteiger partial charge on any atom is 0.317 e. The van der Waals surface area contributed by atoms with Crippen molar-refractivity contribution in [1.29, 1.82) is 0 Å². The van der Waals surface area contributed by atoms with Gasteiger partial charge in [0.1, 0.15) is 11.2 Å². The maximum atomic E-state index is 14.2. The van der Waals surface area contributed by atoms with Crippen molar-refractivity contribution in [3.05, 3.63) is 35.6 Å². The number of carbonyl (C=O) groups is 1. The van der Waals surface area contributed by atoms with Crippen LogP contribution in [0.5, 0.6) is 0 Å². The fourth-order valence-electron chi connectivity index (χ4n) is 2.89. The average molecular weight is 295 g/mol. The number of benzene rings is 1. The fraction of sp³-hybridized carbons (Fsp3) is 0.588. The Morgan fingerprint density at radius 2 is 2.05 bits per heavy atom. The predicted octanol–water partition coefficient (Wildman–Crippen LogP) is 3.41. The summed E-state index contributed by atoms with van der Waals surface area (Å²) in [5, 5.41) is 0. The molecule has 3 nitrogen and oxygen atoms in total. The number of esters is 1. The Morgan fingerprint density at radius 3 is 2.57 bits per heavy atom. The van der Waals surface area contributed by atoms with Crippen LogP contribution in [-0.4, -0.2) is 19.1 Å². The van der Waals surface area contributed by atoms with Crippen molar-refractivity contribution in [2.24, 2.45) is 11.7 Å². The predicted molar refractivity (Wildman–Crippen MR) is 82.5 cm³/mol. The van der Waals surface area contributed by atoms with E-state index in [9.17, 15) is 9.18 Å². The molecule has 0 spiro atoms. The maximum absolute atomic E-state index is 14.2. The first-order chi connectivity index (χ1) is 10.0. The molecule has 0 saturated heterocycles. The van der Waals surface area contributed by atoms with Crippen molar-refractivity contribution >= 4 is 5.97 Å². The van der Waals surface area contributed by atoms with E-state index in [2.05, 4.69) is 13.8 Å². The van der Waals surface area contributed by atoms with Gasteiger partial charge in [0.15, 0.2) is 0 Å². The second kappa shape index (κ2) is 8.13. The third kappa shape index (κ3) is 4.03. The zero-order chi connectivity index (χ0) is 15.9. The van der Waals surface area contributed by atoms with Crippen LogP contribution in [-0.2, 0) is 14.9 Å². The summed E-state index contributed by atoms with van der Waals surface area (Å²) in [7, 11) is 0. The van der Waals surface area contributed by atoms with Crippen LogP contribution >= 0.6 is 0 Å². The fourth-order valence-corrected chi connectivity index (χ4v) is 2.89. The van der Waals surface area contributed by atoms with Gasteiger partial charge in [-0.15, -0.1) is 0 Å². The molecular formula is C17H26FNO2. The highest BCUT2D eigenvalue weighted by molar-refractivity contribution is 5.83. The molecule has 1 aromatic rings. The van der Waals surface area contributed by atoms with E-state index < -0.39 is 17.2 Å². The van der Waals surface area contributed by atoms with Crippen molar-refractivity contribution in [2.75, 3.05) is 13.2 Å². The molecule has 1 aromatic carbocycles. The van der Waals surface area contributed by atoms with Crippen LogP contribution in [0.4, 0.5) is 4.39 Å². The number of halogens is 1. The topological polar surface area (TPSA) is 52.3 Å². The van der Waals surface area contributed by atoms with E-state index >= 15 is 0 Å². The van der Waals surface area contributed by atoms with Gasteiger partial charge >= 0.3 is 5.97 Å². The third-order valence-electron chi connectivity index (χ3n) is 3.88. The van der Waals surface area contributed by atoms with Crippen molar-refractivity contribution in [2.45, 2.75) is 45.4 Å². The van der Waals surface area contributed by atoms with Crippen LogP contribution in [0.3, 0.4) is 0 Å².